The Morgan fingerprint density at radius 2 is 2.21 bits per heavy atom. The summed E-state index contributed by atoms with van der Waals surface area (Å²) in [4.78, 5) is 0. The van der Waals surface area contributed by atoms with E-state index in [1.165, 1.54) is 12.0 Å². The molecule has 5 heteroatoms. The van der Waals surface area contributed by atoms with Crippen LogP contribution in [0.15, 0.2) is 30.6 Å². The molecule has 1 aromatic heterocycles. The van der Waals surface area contributed by atoms with Crippen molar-refractivity contribution in [1.29, 1.82) is 0 Å². The fourth-order valence-electron chi connectivity index (χ4n) is 2.49. The molecule has 5 nitrogen and oxygen atoms in total. The topological polar surface area (TPSA) is 52.0 Å². The SMILES string of the molecule is COc1ccc(Cn2cnnc2C2CCCN2)cc1. The second-order valence-corrected chi connectivity index (χ2v) is 4.81. The third-order valence-corrected chi connectivity index (χ3v) is 3.53. The molecule has 0 saturated carbocycles. The number of hydrogen-bond acceptors (Lipinski definition) is 4. The van der Waals surface area contributed by atoms with Crippen LogP contribution >= 0.6 is 0 Å². The lowest BCUT2D eigenvalue weighted by atomic mass is 10.2. The van der Waals surface area contributed by atoms with Gasteiger partial charge in [-0.15, -0.1) is 10.2 Å². The molecule has 3 rings (SSSR count). The summed E-state index contributed by atoms with van der Waals surface area (Å²) in [5.74, 6) is 1.92. The number of methoxy groups -OCH3 is 1. The quantitative estimate of drug-likeness (QED) is 0.908. The highest BCUT2D eigenvalue weighted by atomic mass is 16.5. The molecule has 19 heavy (non-hydrogen) atoms. The zero-order chi connectivity index (χ0) is 13.1. The number of rotatable bonds is 4. The molecule has 0 amide bonds. The normalized spacial score (nSPS) is 18.7. The maximum Gasteiger partial charge on any atom is 0.150 e. The van der Waals surface area contributed by atoms with Crippen LogP contribution in [0.2, 0.25) is 0 Å². The van der Waals surface area contributed by atoms with Crippen LogP contribution in [0.1, 0.15) is 30.3 Å². The van der Waals surface area contributed by atoms with Gasteiger partial charge in [0.1, 0.15) is 17.9 Å². The highest BCUT2D eigenvalue weighted by molar-refractivity contribution is 5.27. The fourth-order valence-corrected chi connectivity index (χ4v) is 2.49. The number of aromatic nitrogens is 3. The van der Waals surface area contributed by atoms with E-state index in [2.05, 4.69) is 32.2 Å². The standard InChI is InChI=1S/C14H18N4O/c1-19-12-6-4-11(5-7-12)9-18-10-16-17-14(18)13-3-2-8-15-13/h4-7,10,13,15H,2-3,8-9H2,1H3. The predicted molar refractivity (Wildman–Crippen MR) is 72.1 cm³/mol. The van der Waals surface area contributed by atoms with E-state index in [0.29, 0.717) is 6.04 Å². The molecule has 1 aliphatic heterocycles. The van der Waals surface area contributed by atoms with E-state index in [1.54, 1.807) is 13.4 Å². The van der Waals surface area contributed by atoms with Crippen molar-refractivity contribution < 1.29 is 4.74 Å². The van der Waals surface area contributed by atoms with Gasteiger partial charge in [0, 0.05) is 0 Å². The van der Waals surface area contributed by atoms with Crippen LogP contribution in [0.5, 0.6) is 5.75 Å². The Hall–Kier alpha value is -1.88. The Balaban J connectivity index is 1.77. The van der Waals surface area contributed by atoms with Gasteiger partial charge in [0.25, 0.3) is 0 Å². The summed E-state index contributed by atoms with van der Waals surface area (Å²) in [5, 5.41) is 11.8. The van der Waals surface area contributed by atoms with E-state index in [0.717, 1.165) is 31.1 Å². The number of nitrogens with zero attached hydrogens (tertiary/aromatic N) is 3. The molecule has 1 saturated heterocycles. The van der Waals surface area contributed by atoms with Gasteiger partial charge < -0.3 is 14.6 Å². The summed E-state index contributed by atoms with van der Waals surface area (Å²) < 4.78 is 7.28. The average Bonchev–Trinajstić information content (AvgIpc) is 3.10. The van der Waals surface area contributed by atoms with Gasteiger partial charge in [-0.3, -0.25) is 0 Å². The summed E-state index contributed by atoms with van der Waals surface area (Å²) in [6, 6.07) is 8.45. The van der Waals surface area contributed by atoms with Crippen LogP contribution in [0.4, 0.5) is 0 Å². The van der Waals surface area contributed by atoms with Gasteiger partial charge >= 0.3 is 0 Å². The molecular formula is C14H18N4O. The molecule has 1 unspecified atom stereocenters. The van der Waals surface area contributed by atoms with Crippen molar-refractivity contribution in [2.24, 2.45) is 0 Å². The maximum absolute atomic E-state index is 5.17. The van der Waals surface area contributed by atoms with Crippen molar-refractivity contribution >= 4 is 0 Å². The van der Waals surface area contributed by atoms with Gasteiger partial charge in [0.15, 0.2) is 0 Å². The van der Waals surface area contributed by atoms with E-state index in [4.69, 9.17) is 4.74 Å². The second-order valence-electron chi connectivity index (χ2n) is 4.81. The van der Waals surface area contributed by atoms with Gasteiger partial charge in [-0.1, -0.05) is 12.1 Å². The molecule has 0 bridgehead atoms. The number of ether oxygens (including phenoxy) is 1. The highest BCUT2D eigenvalue weighted by Crippen LogP contribution is 2.21. The Morgan fingerprint density at radius 3 is 2.89 bits per heavy atom. The minimum absolute atomic E-state index is 0.348. The zero-order valence-corrected chi connectivity index (χ0v) is 11.0. The Kier molecular flexibility index (Phi) is 3.46. The molecule has 1 aliphatic rings. The smallest absolute Gasteiger partial charge is 0.150 e. The molecular weight excluding hydrogens is 240 g/mol. The van der Waals surface area contributed by atoms with Crippen molar-refractivity contribution in [2.75, 3.05) is 13.7 Å². The first-order valence-corrected chi connectivity index (χ1v) is 6.61. The Morgan fingerprint density at radius 1 is 1.37 bits per heavy atom. The summed E-state index contributed by atoms with van der Waals surface area (Å²) in [5.41, 5.74) is 1.22. The first-order chi connectivity index (χ1) is 9.36. The van der Waals surface area contributed by atoms with Gasteiger partial charge in [-0.2, -0.15) is 0 Å². The van der Waals surface area contributed by atoms with Crippen LogP contribution in [-0.4, -0.2) is 28.4 Å². The monoisotopic (exact) mass is 258 g/mol. The van der Waals surface area contributed by atoms with Gasteiger partial charge in [0.2, 0.25) is 0 Å². The fraction of sp³-hybridized carbons (Fsp3) is 0.429. The second kappa shape index (κ2) is 5.40. The third-order valence-electron chi connectivity index (χ3n) is 3.53. The lowest BCUT2D eigenvalue weighted by molar-refractivity contribution is 0.414. The number of hydrogen-bond donors (Lipinski definition) is 1. The lowest BCUT2D eigenvalue weighted by Crippen LogP contribution is -2.18. The Labute approximate surface area is 112 Å². The van der Waals surface area contributed by atoms with Crippen LogP contribution in [-0.2, 0) is 6.54 Å². The van der Waals surface area contributed by atoms with E-state index >= 15 is 0 Å². The molecule has 2 heterocycles. The molecule has 0 spiro atoms. The number of benzene rings is 1. The van der Waals surface area contributed by atoms with Crippen LogP contribution in [0.25, 0.3) is 0 Å². The minimum atomic E-state index is 0.348. The van der Waals surface area contributed by atoms with E-state index < -0.39 is 0 Å². The molecule has 0 radical (unpaired) electrons. The van der Waals surface area contributed by atoms with Gasteiger partial charge in [0.05, 0.1) is 19.7 Å². The molecule has 1 atom stereocenters. The summed E-state index contributed by atoms with van der Waals surface area (Å²) >= 11 is 0. The van der Waals surface area contributed by atoms with Gasteiger partial charge in [-0.05, 0) is 37.1 Å². The zero-order valence-electron chi connectivity index (χ0n) is 11.0. The maximum atomic E-state index is 5.17. The van der Waals surface area contributed by atoms with Crippen LogP contribution in [0.3, 0.4) is 0 Å². The molecule has 1 N–H and O–H groups in total. The molecule has 2 aromatic rings. The first kappa shape index (κ1) is 12.2. The van der Waals surface area contributed by atoms with Crippen molar-refractivity contribution in [3.8, 4) is 5.75 Å². The van der Waals surface area contributed by atoms with Crippen molar-refractivity contribution in [2.45, 2.75) is 25.4 Å². The summed E-state index contributed by atoms with van der Waals surface area (Å²) in [6.07, 6.45) is 4.15. The van der Waals surface area contributed by atoms with Crippen LogP contribution in [0, 0.1) is 0 Å². The average molecular weight is 258 g/mol. The third kappa shape index (κ3) is 2.61. The highest BCUT2D eigenvalue weighted by Gasteiger charge is 2.21. The molecule has 0 aliphatic carbocycles. The summed E-state index contributed by atoms with van der Waals surface area (Å²) in [6.45, 7) is 1.87. The van der Waals surface area contributed by atoms with Crippen molar-refractivity contribution in [3.05, 3.63) is 42.0 Å². The van der Waals surface area contributed by atoms with E-state index in [1.807, 2.05) is 12.1 Å². The van der Waals surface area contributed by atoms with E-state index in [-0.39, 0.29) is 0 Å². The van der Waals surface area contributed by atoms with Crippen molar-refractivity contribution in [3.63, 3.8) is 0 Å². The first-order valence-electron chi connectivity index (χ1n) is 6.61. The largest absolute Gasteiger partial charge is 0.497 e. The predicted octanol–water partition coefficient (Wildman–Crippen LogP) is 1.76. The molecule has 1 fully saturated rings. The lowest BCUT2D eigenvalue weighted by Gasteiger charge is -2.12. The Bertz CT molecular complexity index is 529. The van der Waals surface area contributed by atoms with E-state index in [9.17, 15) is 0 Å². The minimum Gasteiger partial charge on any atom is -0.497 e. The number of nitrogens with one attached hydrogen (secondary N) is 1. The van der Waals surface area contributed by atoms with Gasteiger partial charge in [-0.25, -0.2) is 0 Å². The molecule has 100 valence electrons. The molecule has 1 aromatic carbocycles. The van der Waals surface area contributed by atoms with Crippen molar-refractivity contribution in [1.82, 2.24) is 20.1 Å². The van der Waals surface area contributed by atoms with Crippen LogP contribution < -0.4 is 10.1 Å². The summed E-state index contributed by atoms with van der Waals surface area (Å²) in [7, 11) is 1.68.